The van der Waals surface area contributed by atoms with E-state index < -0.39 is 6.04 Å². The van der Waals surface area contributed by atoms with Gasteiger partial charge >= 0.3 is 5.97 Å². The molecule has 5 nitrogen and oxygen atoms in total. The van der Waals surface area contributed by atoms with Crippen molar-refractivity contribution in [3.8, 4) is 5.75 Å². The summed E-state index contributed by atoms with van der Waals surface area (Å²) in [5.74, 6) is 0.0432. The van der Waals surface area contributed by atoms with Gasteiger partial charge < -0.3 is 14.4 Å². The maximum Gasteiger partial charge on any atom is 0.328 e. The third-order valence-electron chi connectivity index (χ3n) is 3.20. The van der Waals surface area contributed by atoms with Crippen molar-refractivity contribution in [2.24, 2.45) is 0 Å². The number of halogens is 2. The Bertz CT molecular complexity index is 538. The van der Waals surface area contributed by atoms with Gasteiger partial charge in [-0.15, -0.1) is 0 Å². The number of nitrogens with zero attached hydrogens (tertiary/aromatic N) is 1. The van der Waals surface area contributed by atoms with Gasteiger partial charge in [0.25, 0.3) is 5.91 Å². The maximum atomic E-state index is 12.4. The molecule has 1 heterocycles. The van der Waals surface area contributed by atoms with Crippen molar-refractivity contribution in [2.75, 3.05) is 20.8 Å². The Balaban J connectivity index is 2.24. The van der Waals surface area contributed by atoms with Gasteiger partial charge in [-0.25, -0.2) is 4.79 Å². The van der Waals surface area contributed by atoms with Crippen LogP contribution in [-0.2, 0) is 9.53 Å². The monoisotopic (exact) mass is 405 g/mol. The van der Waals surface area contributed by atoms with Gasteiger partial charge in [0.1, 0.15) is 11.8 Å². The molecule has 0 bridgehead atoms. The number of amides is 1. The first-order valence-electron chi connectivity index (χ1n) is 5.91. The van der Waals surface area contributed by atoms with E-state index in [-0.39, 0.29) is 11.9 Å². The van der Waals surface area contributed by atoms with Gasteiger partial charge in [-0.05, 0) is 50.4 Å². The van der Waals surface area contributed by atoms with Crippen LogP contribution < -0.4 is 4.74 Å². The number of hydrogen-bond donors (Lipinski definition) is 0. The molecule has 0 aromatic heterocycles. The van der Waals surface area contributed by atoms with E-state index in [1.807, 2.05) is 0 Å². The quantitative estimate of drug-likeness (QED) is 0.724. The third-order valence-corrected chi connectivity index (χ3v) is 4.38. The molecule has 0 radical (unpaired) electrons. The minimum Gasteiger partial charge on any atom is -0.494 e. The van der Waals surface area contributed by atoms with Crippen LogP contribution in [0.5, 0.6) is 5.75 Å². The molecule has 7 heteroatoms. The van der Waals surface area contributed by atoms with Crippen molar-refractivity contribution < 1.29 is 19.1 Å². The molecule has 1 aliphatic rings. The Morgan fingerprint density at radius 3 is 2.25 bits per heavy atom. The molecule has 0 aliphatic carbocycles. The van der Waals surface area contributed by atoms with Crippen LogP contribution in [0.4, 0.5) is 0 Å². The highest BCUT2D eigenvalue weighted by atomic mass is 79.9. The highest BCUT2D eigenvalue weighted by Crippen LogP contribution is 2.35. The standard InChI is InChI=1S/C13H13Br2NO4/c1-19-11-8(14)5-7(6-9(11)15)12(17)16-4-3-10(16)13(18)20-2/h5-6,10H,3-4H2,1-2H3/t10-/m1/s1. The first-order chi connectivity index (χ1) is 9.49. The minimum absolute atomic E-state index is 0.198. The van der Waals surface area contributed by atoms with E-state index in [0.717, 1.165) is 0 Å². The van der Waals surface area contributed by atoms with Crippen molar-refractivity contribution in [1.82, 2.24) is 4.90 Å². The number of ether oxygens (including phenoxy) is 2. The summed E-state index contributed by atoms with van der Waals surface area (Å²) in [6.07, 6.45) is 0.636. The normalized spacial score (nSPS) is 17.4. The highest BCUT2D eigenvalue weighted by Gasteiger charge is 2.38. The van der Waals surface area contributed by atoms with Crippen molar-refractivity contribution in [3.05, 3.63) is 26.6 Å². The van der Waals surface area contributed by atoms with E-state index in [4.69, 9.17) is 4.74 Å². The van der Waals surface area contributed by atoms with E-state index >= 15 is 0 Å². The number of benzene rings is 1. The summed E-state index contributed by atoms with van der Waals surface area (Å²) in [6.45, 7) is 0.555. The second-order valence-corrected chi connectivity index (χ2v) is 6.01. The van der Waals surface area contributed by atoms with Crippen LogP contribution in [0.3, 0.4) is 0 Å². The summed E-state index contributed by atoms with van der Waals surface area (Å²) < 4.78 is 11.2. The zero-order chi connectivity index (χ0) is 14.9. The molecule has 1 saturated heterocycles. The largest absolute Gasteiger partial charge is 0.494 e. The Morgan fingerprint density at radius 1 is 1.25 bits per heavy atom. The van der Waals surface area contributed by atoms with Crippen LogP contribution in [0, 0.1) is 0 Å². The Hall–Kier alpha value is -1.08. The number of methoxy groups -OCH3 is 2. The maximum absolute atomic E-state index is 12.4. The van der Waals surface area contributed by atoms with Gasteiger partial charge in [-0.2, -0.15) is 0 Å². The van der Waals surface area contributed by atoms with Gasteiger partial charge in [-0.3, -0.25) is 4.79 Å². The summed E-state index contributed by atoms with van der Waals surface area (Å²) in [6, 6.07) is 2.88. The van der Waals surface area contributed by atoms with Crippen molar-refractivity contribution in [1.29, 1.82) is 0 Å². The molecule has 1 atom stereocenters. The zero-order valence-corrected chi connectivity index (χ0v) is 14.2. The predicted molar refractivity (Wildman–Crippen MR) is 79.9 cm³/mol. The molecular weight excluding hydrogens is 394 g/mol. The van der Waals surface area contributed by atoms with Crippen molar-refractivity contribution in [2.45, 2.75) is 12.5 Å². The van der Waals surface area contributed by atoms with Crippen molar-refractivity contribution >= 4 is 43.7 Å². The fourth-order valence-corrected chi connectivity index (χ4v) is 3.57. The number of rotatable bonds is 3. The molecule has 1 aromatic rings. The highest BCUT2D eigenvalue weighted by molar-refractivity contribution is 9.11. The van der Waals surface area contributed by atoms with E-state index in [1.54, 1.807) is 19.2 Å². The Morgan fingerprint density at radius 2 is 1.85 bits per heavy atom. The van der Waals surface area contributed by atoms with Gasteiger partial charge in [0.15, 0.2) is 0 Å². The molecule has 0 unspecified atom stereocenters. The van der Waals surface area contributed by atoms with Crippen LogP contribution in [0.2, 0.25) is 0 Å². The SMILES string of the molecule is COC(=O)[C@H]1CCN1C(=O)c1cc(Br)c(OC)c(Br)c1. The molecular formula is C13H13Br2NO4. The summed E-state index contributed by atoms with van der Waals surface area (Å²) in [5.41, 5.74) is 0.484. The molecule has 1 amide bonds. The lowest BCUT2D eigenvalue weighted by Crippen LogP contribution is -2.55. The molecule has 2 rings (SSSR count). The number of carbonyl (C=O) groups excluding carboxylic acids is 2. The third kappa shape index (κ3) is 2.69. The molecule has 108 valence electrons. The number of carbonyl (C=O) groups is 2. The van der Waals surface area contributed by atoms with Crippen LogP contribution in [-0.4, -0.2) is 43.6 Å². The zero-order valence-electron chi connectivity index (χ0n) is 11.0. The first-order valence-corrected chi connectivity index (χ1v) is 7.50. The second-order valence-electron chi connectivity index (χ2n) is 4.30. The lowest BCUT2D eigenvalue weighted by molar-refractivity contribution is -0.149. The van der Waals surface area contributed by atoms with Crippen molar-refractivity contribution in [3.63, 3.8) is 0 Å². The molecule has 0 N–H and O–H groups in total. The van der Waals surface area contributed by atoms with E-state index in [9.17, 15) is 9.59 Å². The molecule has 20 heavy (non-hydrogen) atoms. The van der Waals surface area contributed by atoms with Gasteiger partial charge in [-0.1, -0.05) is 0 Å². The fourth-order valence-electron chi connectivity index (χ4n) is 2.06. The van der Waals surface area contributed by atoms with Gasteiger partial charge in [0.05, 0.1) is 23.2 Å². The fraction of sp³-hybridized carbons (Fsp3) is 0.385. The Kier molecular flexibility index (Phi) is 4.70. The number of hydrogen-bond acceptors (Lipinski definition) is 4. The number of esters is 1. The summed E-state index contributed by atoms with van der Waals surface area (Å²) in [7, 11) is 2.87. The first kappa shape index (κ1) is 15.3. The summed E-state index contributed by atoms with van der Waals surface area (Å²) >= 11 is 6.71. The summed E-state index contributed by atoms with van der Waals surface area (Å²) in [5, 5.41) is 0. The van der Waals surface area contributed by atoms with Gasteiger partial charge in [0.2, 0.25) is 0 Å². The molecule has 1 aliphatic heterocycles. The second kappa shape index (κ2) is 6.13. The van der Waals surface area contributed by atoms with Crippen LogP contribution in [0.1, 0.15) is 16.8 Å². The smallest absolute Gasteiger partial charge is 0.328 e. The predicted octanol–water partition coefficient (Wildman–Crippen LogP) is 2.61. The van der Waals surface area contributed by atoms with Gasteiger partial charge in [0, 0.05) is 12.1 Å². The molecule has 0 spiro atoms. The number of likely N-dealkylation sites (tertiary alicyclic amines) is 1. The minimum atomic E-state index is -0.479. The molecule has 1 aromatic carbocycles. The van der Waals surface area contributed by atoms with E-state index in [2.05, 4.69) is 36.6 Å². The van der Waals surface area contributed by atoms with Crippen LogP contribution >= 0.6 is 31.9 Å². The lowest BCUT2D eigenvalue weighted by atomic mass is 10.0. The average Bonchev–Trinajstić information content (AvgIpc) is 2.36. The molecule has 0 saturated carbocycles. The van der Waals surface area contributed by atoms with E-state index in [1.165, 1.54) is 12.0 Å². The lowest BCUT2D eigenvalue weighted by Gasteiger charge is -2.38. The van der Waals surface area contributed by atoms with Crippen LogP contribution in [0.15, 0.2) is 21.1 Å². The van der Waals surface area contributed by atoms with Crippen LogP contribution in [0.25, 0.3) is 0 Å². The summed E-state index contributed by atoms with van der Waals surface area (Å²) in [4.78, 5) is 25.4. The van der Waals surface area contributed by atoms with E-state index in [0.29, 0.717) is 33.2 Å². The topological polar surface area (TPSA) is 55.8 Å². The molecule has 1 fully saturated rings. The average molecular weight is 407 g/mol. The Labute approximate surface area is 133 Å².